The third kappa shape index (κ3) is 6.57. The van der Waals surface area contributed by atoms with Gasteiger partial charge in [0.05, 0.1) is 13.5 Å². The van der Waals surface area contributed by atoms with Gasteiger partial charge in [0.2, 0.25) is 0 Å². The van der Waals surface area contributed by atoms with Crippen LogP contribution >= 0.6 is 0 Å². The Balaban J connectivity index is 2.57. The minimum atomic E-state index is -0.763. The summed E-state index contributed by atoms with van der Waals surface area (Å²) < 4.78 is 5.12. The molecule has 0 radical (unpaired) electrons. The zero-order valence-corrected chi connectivity index (χ0v) is 12.8. The number of carbonyl (C=O) groups is 1. The van der Waals surface area contributed by atoms with Crippen molar-refractivity contribution in [1.82, 2.24) is 5.32 Å². The van der Waals surface area contributed by atoms with Gasteiger partial charge in [-0.3, -0.25) is 4.79 Å². The molecular weight excluding hydrogens is 254 g/mol. The van der Waals surface area contributed by atoms with Crippen molar-refractivity contribution in [3.8, 4) is 5.75 Å². The lowest BCUT2D eigenvalue weighted by atomic mass is 9.87. The van der Waals surface area contributed by atoms with Gasteiger partial charge in [-0.2, -0.15) is 0 Å². The van der Waals surface area contributed by atoms with Crippen molar-refractivity contribution in [2.75, 3.05) is 7.11 Å². The van der Waals surface area contributed by atoms with E-state index in [1.54, 1.807) is 7.11 Å². The SMILES string of the molecule is COc1ccc(CNC(CC(=O)O)CC(C)(C)C)cc1. The highest BCUT2D eigenvalue weighted by Crippen LogP contribution is 2.22. The molecule has 0 aliphatic rings. The van der Waals surface area contributed by atoms with E-state index < -0.39 is 5.97 Å². The number of rotatable bonds is 7. The lowest BCUT2D eigenvalue weighted by Gasteiger charge is -2.26. The molecule has 0 saturated carbocycles. The Morgan fingerprint density at radius 3 is 2.35 bits per heavy atom. The van der Waals surface area contributed by atoms with E-state index in [1.807, 2.05) is 24.3 Å². The maximum absolute atomic E-state index is 10.9. The predicted octanol–water partition coefficient (Wildman–Crippen LogP) is 3.06. The van der Waals surface area contributed by atoms with Crippen molar-refractivity contribution in [2.45, 2.75) is 46.2 Å². The van der Waals surface area contributed by atoms with Crippen molar-refractivity contribution in [1.29, 1.82) is 0 Å². The molecule has 4 heteroatoms. The second-order valence-electron chi connectivity index (χ2n) is 6.29. The van der Waals surface area contributed by atoms with Crippen molar-refractivity contribution in [3.05, 3.63) is 29.8 Å². The van der Waals surface area contributed by atoms with Crippen molar-refractivity contribution >= 4 is 5.97 Å². The monoisotopic (exact) mass is 279 g/mol. The fourth-order valence-electron chi connectivity index (χ4n) is 2.17. The van der Waals surface area contributed by atoms with Gasteiger partial charge in [0, 0.05) is 12.6 Å². The van der Waals surface area contributed by atoms with E-state index in [9.17, 15) is 4.79 Å². The van der Waals surface area contributed by atoms with E-state index in [2.05, 4.69) is 26.1 Å². The van der Waals surface area contributed by atoms with Gasteiger partial charge < -0.3 is 15.2 Å². The number of ether oxygens (including phenoxy) is 1. The molecule has 1 aromatic carbocycles. The van der Waals surface area contributed by atoms with Gasteiger partial charge in [-0.15, -0.1) is 0 Å². The van der Waals surface area contributed by atoms with Gasteiger partial charge >= 0.3 is 5.97 Å². The molecule has 1 unspecified atom stereocenters. The fraction of sp³-hybridized carbons (Fsp3) is 0.562. The van der Waals surface area contributed by atoms with Gasteiger partial charge in [-0.25, -0.2) is 0 Å². The molecule has 20 heavy (non-hydrogen) atoms. The molecule has 0 spiro atoms. The average Bonchev–Trinajstić information content (AvgIpc) is 2.34. The molecule has 112 valence electrons. The first kappa shape index (κ1) is 16.5. The molecule has 0 aliphatic carbocycles. The molecule has 0 bridgehead atoms. The molecule has 0 aliphatic heterocycles. The van der Waals surface area contributed by atoms with Gasteiger partial charge in [0.1, 0.15) is 5.75 Å². The van der Waals surface area contributed by atoms with Crippen molar-refractivity contribution in [2.24, 2.45) is 5.41 Å². The topological polar surface area (TPSA) is 58.6 Å². The molecule has 1 aromatic rings. The van der Waals surface area contributed by atoms with E-state index in [-0.39, 0.29) is 17.9 Å². The Morgan fingerprint density at radius 1 is 1.30 bits per heavy atom. The second kappa shape index (κ2) is 7.29. The molecule has 1 atom stereocenters. The van der Waals surface area contributed by atoms with Gasteiger partial charge in [0.25, 0.3) is 0 Å². The lowest BCUT2D eigenvalue weighted by Crippen LogP contribution is -2.34. The third-order valence-corrected chi connectivity index (χ3v) is 3.03. The average molecular weight is 279 g/mol. The number of benzene rings is 1. The molecule has 4 nitrogen and oxygen atoms in total. The summed E-state index contributed by atoms with van der Waals surface area (Å²) in [5.41, 5.74) is 1.22. The van der Waals surface area contributed by atoms with E-state index in [4.69, 9.17) is 9.84 Å². The second-order valence-corrected chi connectivity index (χ2v) is 6.29. The van der Waals surface area contributed by atoms with Crippen LogP contribution in [-0.2, 0) is 11.3 Å². The first-order valence-electron chi connectivity index (χ1n) is 6.88. The van der Waals surface area contributed by atoms with Crippen LogP contribution in [0, 0.1) is 5.41 Å². The standard InChI is InChI=1S/C16H25NO3/c1-16(2,3)10-13(9-15(18)19)17-11-12-5-7-14(20-4)8-6-12/h5-8,13,17H,9-11H2,1-4H3,(H,18,19). The normalized spacial score (nSPS) is 13.0. The molecule has 1 rings (SSSR count). The minimum Gasteiger partial charge on any atom is -0.497 e. The number of nitrogens with one attached hydrogen (secondary N) is 1. The van der Waals surface area contributed by atoms with E-state index in [0.717, 1.165) is 17.7 Å². The fourth-order valence-corrected chi connectivity index (χ4v) is 2.17. The Kier molecular flexibility index (Phi) is 6.02. The Hall–Kier alpha value is -1.55. The zero-order chi connectivity index (χ0) is 15.2. The summed E-state index contributed by atoms with van der Waals surface area (Å²) in [6.07, 6.45) is 0.975. The lowest BCUT2D eigenvalue weighted by molar-refractivity contribution is -0.137. The summed E-state index contributed by atoms with van der Waals surface area (Å²) in [6, 6.07) is 7.77. The van der Waals surface area contributed by atoms with E-state index in [0.29, 0.717) is 6.54 Å². The van der Waals surface area contributed by atoms with Crippen LogP contribution in [0.1, 0.15) is 39.2 Å². The summed E-state index contributed by atoms with van der Waals surface area (Å²) >= 11 is 0. The van der Waals surface area contributed by atoms with Crippen LogP contribution in [0.5, 0.6) is 5.75 Å². The van der Waals surface area contributed by atoms with Crippen LogP contribution in [-0.4, -0.2) is 24.2 Å². The molecular formula is C16H25NO3. The van der Waals surface area contributed by atoms with Crippen LogP contribution < -0.4 is 10.1 Å². The molecule has 0 fully saturated rings. The number of hydrogen-bond acceptors (Lipinski definition) is 3. The van der Waals surface area contributed by atoms with Crippen LogP contribution in [0.2, 0.25) is 0 Å². The van der Waals surface area contributed by atoms with Crippen LogP contribution in [0.4, 0.5) is 0 Å². The third-order valence-electron chi connectivity index (χ3n) is 3.03. The van der Waals surface area contributed by atoms with E-state index in [1.165, 1.54) is 0 Å². The quantitative estimate of drug-likeness (QED) is 0.805. The molecule has 2 N–H and O–H groups in total. The molecule has 0 heterocycles. The highest BCUT2D eigenvalue weighted by Gasteiger charge is 2.20. The van der Waals surface area contributed by atoms with Crippen molar-refractivity contribution < 1.29 is 14.6 Å². The summed E-state index contributed by atoms with van der Waals surface area (Å²) in [6.45, 7) is 7.03. The first-order chi connectivity index (χ1) is 9.30. The predicted molar refractivity (Wildman–Crippen MR) is 79.9 cm³/mol. The largest absolute Gasteiger partial charge is 0.497 e. The first-order valence-corrected chi connectivity index (χ1v) is 6.88. The minimum absolute atomic E-state index is 0.0189. The highest BCUT2D eigenvalue weighted by molar-refractivity contribution is 5.67. The van der Waals surface area contributed by atoms with Gasteiger partial charge in [-0.05, 0) is 29.5 Å². The summed E-state index contributed by atoms with van der Waals surface area (Å²) in [5.74, 6) is 0.0620. The molecule has 0 saturated heterocycles. The maximum Gasteiger partial charge on any atom is 0.304 e. The highest BCUT2D eigenvalue weighted by atomic mass is 16.5. The van der Waals surface area contributed by atoms with Crippen LogP contribution in [0.3, 0.4) is 0 Å². The smallest absolute Gasteiger partial charge is 0.304 e. The summed E-state index contributed by atoms with van der Waals surface area (Å²) in [7, 11) is 1.64. The van der Waals surface area contributed by atoms with E-state index >= 15 is 0 Å². The molecule has 0 amide bonds. The van der Waals surface area contributed by atoms with Crippen LogP contribution in [0.25, 0.3) is 0 Å². The zero-order valence-electron chi connectivity index (χ0n) is 12.8. The Labute approximate surface area is 121 Å². The maximum atomic E-state index is 10.9. The van der Waals surface area contributed by atoms with Crippen LogP contribution in [0.15, 0.2) is 24.3 Å². The Morgan fingerprint density at radius 2 is 1.90 bits per heavy atom. The van der Waals surface area contributed by atoms with Gasteiger partial charge in [0.15, 0.2) is 0 Å². The number of hydrogen-bond donors (Lipinski definition) is 2. The molecule has 0 aromatic heterocycles. The summed E-state index contributed by atoms with van der Waals surface area (Å²) in [5, 5.41) is 12.3. The summed E-state index contributed by atoms with van der Waals surface area (Å²) in [4.78, 5) is 10.9. The van der Waals surface area contributed by atoms with Gasteiger partial charge in [-0.1, -0.05) is 32.9 Å². The number of carboxylic acid groups (broad SMARTS) is 1. The van der Waals surface area contributed by atoms with Crippen molar-refractivity contribution in [3.63, 3.8) is 0 Å². The number of methoxy groups -OCH3 is 1. The number of aliphatic carboxylic acids is 1. The number of carboxylic acids is 1. The Bertz CT molecular complexity index is 420.